The highest BCUT2D eigenvalue weighted by Crippen LogP contribution is 2.14. The fourth-order valence-corrected chi connectivity index (χ4v) is 2.25. The number of aromatic nitrogens is 1. The van der Waals surface area contributed by atoms with Gasteiger partial charge in [0.05, 0.1) is 31.8 Å². The van der Waals surface area contributed by atoms with E-state index in [2.05, 4.69) is 4.18 Å². The predicted molar refractivity (Wildman–Crippen MR) is 69.7 cm³/mol. The SMILES string of the molecule is CS(=O)(=O)OCC[C@H](COS(C)(=O)=O)n1cccc1. The average Bonchev–Trinajstić information content (AvgIpc) is 2.73. The topological polar surface area (TPSA) is 91.7 Å². The van der Waals surface area contributed by atoms with Crippen molar-refractivity contribution in [2.75, 3.05) is 25.7 Å². The molecule has 1 atom stereocenters. The van der Waals surface area contributed by atoms with E-state index >= 15 is 0 Å². The molecule has 1 aromatic rings. The maximum absolute atomic E-state index is 11.0. The second kappa shape index (κ2) is 6.51. The summed E-state index contributed by atoms with van der Waals surface area (Å²) in [7, 11) is -7.04. The lowest BCUT2D eigenvalue weighted by Crippen LogP contribution is -2.19. The van der Waals surface area contributed by atoms with E-state index in [4.69, 9.17) is 4.18 Å². The van der Waals surface area contributed by atoms with Gasteiger partial charge in [-0.15, -0.1) is 0 Å². The Bertz CT molecular complexity index is 576. The van der Waals surface area contributed by atoms with Crippen molar-refractivity contribution in [2.45, 2.75) is 12.5 Å². The van der Waals surface area contributed by atoms with Crippen molar-refractivity contribution < 1.29 is 25.2 Å². The zero-order chi connectivity index (χ0) is 14.5. The van der Waals surface area contributed by atoms with E-state index in [1.165, 1.54) is 0 Å². The zero-order valence-corrected chi connectivity index (χ0v) is 12.4. The third-order valence-corrected chi connectivity index (χ3v) is 3.43. The quantitative estimate of drug-likeness (QED) is 0.644. The van der Waals surface area contributed by atoms with Crippen LogP contribution in [-0.2, 0) is 28.6 Å². The highest BCUT2D eigenvalue weighted by atomic mass is 32.2. The van der Waals surface area contributed by atoms with Gasteiger partial charge in [0.1, 0.15) is 0 Å². The van der Waals surface area contributed by atoms with Crippen LogP contribution in [0.25, 0.3) is 0 Å². The molecular formula is C10H17NO6S2. The van der Waals surface area contributed by atoms with E-state index < -0.39 is 20.2 Å². The van der Waals surface area contributed by atoms with Crippen molar-refractivity contribution in [3.05, 3.63) is 24.5 Å². The number of rotatable bonds is 8. The van der Waals surface area contributed by atoms with Crippen LogP contribution in [0.5, 0.6) is 0 Å². The molecule has 0 spiro atoms. The number of hydrogen-bond acceptors (Lipinski definition) is 6. The van der Waals surface area contributed by atoms with Crippen LogP contribution in [-0.4, -0.2) is 47.1 Å². The summed E-state index contributed by atoms with van der Waals surface area (Å²) in [5, 5.41) is 0. The van der Waals surface area contributed by atoms with E-state index in [-0.39, 0.29) is 19.3 Å². The Balaban J connectivity index is 2.61. The molecule has 0 aliphatic rings. The Hall–Kier alpha value is -0.900. The minimum Gasteiger partial charge on any atom is -0.349 e. The normalized spacial score (nSPS) is 14.4. The van der Waals surface area contributed by atoms with Gasteiger partial charge in [0.2, 0.25) is 0 Å². The largest absolute Gasteiger partial charge is 0.349 e. The first-order valence-corrected chi connectivity index (χ1v) is 9.12. The molecule has 1 aromatic heterocycles. The second-order valence-electron chi connectivity index (χ2n) is 4.09. The summed E-state index contributed by atoms with van der Waals surface area (Å²) in [6.45, 7) is -0.102. The molecule has 0 N–H and O–H groups in total. The second-order valence-corrected chi connectivity index (χ2v) is 7.38. The minimum absolute atomic E-state index is 0.0329. The van der Waals surface area contributed by atoms with Gasteiger partial charge in [0, 0.05) is 12.4 Å². The Morgan fingerprint density at radius 1 is 1.00 bits per heavy atom. The van der Waals surface area contributed by atoms with Crippen molar-refractivity contribution in [2.24, 2.45) is 0 Å². The average molecular weight is 311 g/mol. The summed E-state index contributed by atoms with van der Waals surface area (Å²) >= 11 is 0. The summed E-state index contributed by atoms with van der Waals surface area (Å²) in [5.41, 5.74) is 0. The number of hydrogen-bond donors (Lipinski definition) is 0. The fraction of sp³-hybridized carbons (Fsp3) is 0.600. The molecule has 7 nitrogen and oxygen atoms in total. The van der Waals surface area contributed by atoms with Crippen molar-refractivity contribution in [1.29, 1.82) is 0 Å². The molecule has 0 radical (unpaired) electrons. The van der Waals surface area contributed by atoms with E-state index in [1.54, 1.807) is 29.1 Å². The van der Waals surface area contributed by atoms with Crippen LogP contribution in [0.2, 0.25) is 0 Å². The lowest BCUT2D eigenvalue weighted by atomic mass is 10.2. The van der Waals surface area contributed by atoms with Crippen LogP contribution >= 0.6 is 0 Å². The van der Waals surface area contributed by atoms with Gasteiger partial charge in [0.15, 0.2) is 0 Å². The molecule has 0 aliphatic heterocycles. The van der Waals surface area contributed by atoms with E-state index in [0.29, 0.717) is 6.42 Å². The standard InChI is InChI=1S/C10H17NO6S2/c1-18(12,13)16-8-5-10(9-17-19(2,14)15)11-6-3-4-7-11/h3-4,6-7,10H,5,8-9H2,1-2H3/t10-/m1/s1. The maximum atomic E-state index is 11.0. The molecule has 9 heteroatoms. The van der Waals surface area contributed by atoms with Crippen LogP contribution in [0.1, 0.15) is 12.5 Å². The van der Waals surface area contributed by atoms with Gasteiger partial charge in [-0.2, -0.15) is 16.8 Å². The molecule has 0 amide bonds. The summed E-state index contributed by atoms with van der Waals surface area (Å²) in [4.78, 5) is 0. The first kappa shape index (κ1) is 16.2. The lowest BCUT2D eigenvalue weighted by molar-refractivity contribution is 0.217. The van der Waals surface area contributed by atoms with Gasteiger partial charge in [-0.25, -0.2) is 0 Å². The van der Waals surface area contributed by atoms with Crippen molar-refractivity contribution in [3.63, 3.8) is 0 Å². The third kappa shape index (κ3) is 7.31. The first-order chi connectivity index (χ1) is 8.67. The van der Waals surface area contributed by atoms with Gasteiger partial charge in [-0.05, 0) is 18.6 Å². The summed E-state index contributed by atoms with van der Waals surface area (Å²) in [5.74, 6) is 0. The van der Waals surface area contributed by atoms with Crippen molar-refractivity contribution in [1.82, 2.24) is 4.57 Å². The molecule has 0 saturated carbocycles. The highest BCUT2D eigenvalue weighted by molar-refractivity contribution is 7.86. The molecule has 110 valence electrons. The van der Waals surface area contributed by atoms with Crippen LogP contribution in [0, 0.1) is 0 Å². The summed E-state index contributed by atoms with van der Waals surface area (Å²) in [6, 6.07) is 3.25. The molecule has 0 aromatic carbocycles. The Morgan fingerprint density at radius 2 is 1.53 bits per heavy atom. The third-order valence-electron chi connectivity index (χ3n) is 2.27. The molecule has 0 unspecified atom stereocenters. The van der Waals surface area contributed by atoms with Gasteiger partial charge in [0.25, 0.3) is 20.2 Å². The van der Waals surface area contributed by atoms with Gasteiger partial charge >= 0.3 is 0 Å². The maximum Gasteiger partial charge on any atom is 0.264 e. The molecular weight excluding hydrogens is 294 g/mol. The Labute approximate surface area is 113 Å². The summed E-state index contributed by atoms with van der Waals surface area (Å²) < 4.78 is 54.8. The molecule has 0 aliphatic carbocycles. The molecule has 1 rings (SSSR count). The van der Waals surface area contributed by atoms with Crippen LogP contribution < -0.4 is 0 Å². The fourth-order valence-electron chi connectivity index (χ4n) is 1.45. The molecule has 1 heterocycles. The van der Waals surface area contributed by atoms with Crippen LogP contribution in [0.3, 0.4) is 0 Å². The molecule has 19 heavy (non-hydrogen) atoms. The first-order valence-electron chi connectivity index (χ1n) is 5.48. The van der Waals surface area contributed by atoms with Crippen molar-refractivity contribution >= 4 is 20.2 Å². The van der Waals surface area contributed by atoms with Gasteiger partial charge < -0.3 is 4.57 Å². The smallest absolute Gasteiger partial charge is 0.264 e. The van der Waals surface area contributed by atoms with E-state index in [9.17, 15) is 16.8 Å². The Morgan fingerprint density at radius 3 is 2.00 bits per heavy atom. The molecule has 0 bridgehead atoms. The summed E-state index contributed by atoms with van der Waals surface area (Å²) in [6.07, 6.45) is 5.74. The monoisotopic (exact) mass is 311 g/mol. The van der Waals surface area contributed by atoms with Crippen LogP contribution in [0.15, 0.2) is 24.5 Å². The van der Waals surface area contributed by atoms with Gasteiger partial charge in [-0.1, -0.05) is 0 Å². The van der Waals surface area contributed by atoms with E-state index in [1.807, 2.05) is 0 Å². The Kier molecular flexibility index (Phi) is 5.53. The van der Waals surface area contributed by atoms with Gasteiger partial charge in [-0.3, -0.25) is 8.37 Å². The minimum atomic E-state index is -3.54. The zero-order valence-electron chi connectivity index (χ0n) is 10.7. The van der Waals surface area contributed by atoms with E-state index in [0.717, 1.165) is 12.5 Å². The van der Waals surface area contributed by atoms with Crippen LogP contribution in [0.4, 0.5) is 0 Å². The number of nitrogens with zero attached hydrogens (tertiary/aromatic N) is 1. The molecule has 0 saturated heterocycles. The molecule has 0 fully saturated rings. The lowest BCUT2D eigenvalue weighted by Gasteiger charge is -2.18. The predicted octanol–water partition coefficient (Wildman–Crippen LogP) is 0.372. The van der Waals surface area contributed by atoms with Crippen molar-refractivity contribution in [3.8, 4) is 0 Å². The highest BCUT2D eigenvalue weighted by Gasteiger charge is 2.15.